The molecule has 2 aliphatic rings. The number of nitrogens with zero attached hydrogens (tertiary/aromatic N) is 2. The van der Waals surface area contributed by atoms with E-state index in [4.69, 9.17) is 4.74 Å². The predicted octanol–water partition coefficient (Wildman–Crippen LogP) is 3.46. The van der Waals surface area contributed by atoms with Crippen molar-refractivity contribution in [3.63, 3.8) is 0 Å². The van der Waals surface area contributed by atoms with E-state index in [1.807, 2.05) is 6.07 Å². The number of likely N-dealkylation sites (tertiary alicyclic amines) is 1. The van der Waals surface area contributed by atoms with Crippen molar-refractivity contribution in [1.82, 2.24) is 9.21 Å². The lowest BCUT2D eigenvalue weighted by Gasteiger charge is -2.39. The molecule has 0 N–H and O–H groups in total. The molecule has 2 heterocycles. The van der Waals surface area contributed by atoms with E-state index in [1.54, 1.807) is 23.5 Å². The Bertz CT molecular complexity index is 704. The van der Waals surface area contributed by atoms with Gasteiger partial charge in [-0.2, -0.15) is 4.31 Å². The standard InChI is InChI=1S/C20H32N2O3S/c1-16(2)19-8-7-18(15-20(19)25-3)26(23,24)22-13-9-17(10-14-22)21-11-5-4-6-12-21/h7-8,15-17H,4-6,9-14H2,1-3H3. The molecule has 2 fully saturated rings. The first-order valence-electron chi connectivity index (χ1n) is 9.85. The van der Waals surface area contributed by atoms with Crippen LogP contribution in [-0.4, -0.2) is 57.0 Å². The van der Waals surface area contributed by atoms with Crippen LogP contribution >= 0.6 is 0 Å². The summed E-state index contributed by atoms with van der Waals surface area (Å²) in [6.07, 6.45) is 5.75. The third-order valence-electron chi connectivity index (χ3n) is 5.80. The second kappa shape index (κ2) is 8.28. The van der Waals surface area contributed by atoms with E-state index in [-0.39, 0.29) is 0 Å². The Morgan fingerprint density at radius 1 is 1.04 bits per heavy atom. The molecule has 2 saturated heterocycles. The van der Waals surface area contributed by atoms with Crippen molar-refractivity contribution in [2.24, 2.45) is 0 Å². The van der Waals surface area contributed by atoms with Gasteiger partial charge in [-0.05, 0) is 56.3 Å². The maximum atomic E-state index is 13.1. The predicted molar refractivity (Wildman–Crippen MR) is 104 cm³/mol. The monoisotopic (exact) mass is 380 g/mol. The summed E-state index contributed by atoms with van der Waals surface area (Å²) in [5.74, 6) is 0.950. The Hall–Kier alpha value is -1.11. The maximum Gasteiger partial charge on any atom is 0.243 e. The van der Waals surface area contributed by atoms with Crippen LogP contribution in [0.1, 0.15) is 57.4 Å². The molecule has 0 aromatic heterocycles. The molecule has 146 valence electrons. The molecule has 26 heavy (non-hydrogen) atoms. The Morgan fingerprint density at radius 2 is 1.69 bits per heavy atom. The highest BCUT2D eigenvalue weighted by Crippen LogP contribution is 2.31. The fraction of sp³-hybridized carbons (Fsp3) is 0.700. The summed E-state index contributed by atoms with van der Waals surface area (Å²) < 4.78 is 33.2. The van der Waals surface area contributed by atoms with Crippen LogP contribution in [-0.2, 0) is 10.0 Å². The van der Waals surface area contributed by atoms with Crippen molar-refractivity contribution in [3.8, 4) is 5.75 Å². The summed E-state index contributed by atoms with van der Waals surface area (Å²) in [6.45, 7) is 7.72. The number of hydrogen-bond acceptors (Lipinski definition) is 4. The van der Waals surface area contributed by atoms with Crippen molar-refractivity contribution >= 4 is 10.0 Å². The molecule has 0 saturated carbocycles. The van der Waals surface area contributed by atoms with Crippen molar-refractivity contribution in [2.75, 3.05) is 33.3 Å². The molecular formula is C20H32N2O3S. The Kier molecular flexibility index (Phi) is 6.25. The molecule has 1 aromatic rings. The fourth-order valence-corrected chi connectivity index (χ4v) is 5.69. The van der Waals surface area contributed by atoms with Crippen LogP contribution < -0.4 is 4.74 Å². The minimum Gasteiger partial charge on any atom is -0.496 e. The largest absolute Gasteiger partial charge is 0.496 e. The van der Waals surface area contributed by atoms with E-state index < -0.39 is 10.0 Å². The zero-order valence-corrected chi connectivity index (χ0v) is 17.1. The second-order valence-electron chi connectivity index (χ2n) is 7.79. The van der Waals surface area contributed by atoms with Crippen molar-refractivity contribution < 1.29 is 13.2 Å². The first kappa shape index (κ1) is 19.6. The van der Waals surface area contributed by atoms with Gasteiger partial charge in [0.25, 0.3) is 0 Å². The van der Waals surface area contributed by atoms with Gasteiger partial charge in [-0.15, -0.1) is 0 Å². The van der Waals surface area contributed by atoms with Crippen molar-refractivity contribution in [3.05, 3.63) is 23.8 Å². The van der Waals surface area contributed by atoms with E-state index >= 15 is 0 Å². The molecule has 3 rings (SSSR count). The second-order valence-corrected chi connectivity index (χ2v) is 9.73. The van der Waals surface area contributed by atoms with Crippen LogP contribution in [0.3, 0.4) is 0 Å². The normalized spacial score (nSPS) is 21.2. The molecule has 1 aromatic carbocycles. The van der Waals surface area contributed by atoms with Crippen LogP contribution in [0.2, 0.25) is 0 Å². The van der Waals surface area contributed by atoms with Gasteiger partial charge < -0.3 is 9.64 Å². The number of sulfonamides is 1. The van der Waals surface area contributed by atoms with Gasteiger partial charge >= 0.3 is 0 Å². The number of piperidine rings is 2. The smallest absolute Gasteiger partial charge is 0.243 e. The van der Waals surface area contributed by atoms with Gasteiger partial charge in [0.2, 0.25) is 10.0 Å². The van der Waals surface area contributed by atoms with Gasteiger partial charge in [-0.25, -0.2) is 8.42 Å². The molecule has 6 heteroatoms. The molecule has 0 radical (unpaired) electrons. The molecule has 0 bridgehead atoms. The Morgan fingerprint density at radius 3 is 2.27 bits per heavy atom. The maximum absolute atomic E-state index is 13.1. The summed E-state index contributed by atoms with van der Waals surface area (Å²) >= 11 is 0. The van der Waals surface area contributed by atoms with E-state index in [9.17, 15) is 8.42 Å². The SMILES string of the molecule is COc1cc(S(=O)(=O)N2CCC(N3CCCCC3)CC2)ccc1C(C)C. The third kappa shape index (κ3) is 4.07. The lowest BCUT2D eigenvalue weighted by atomic mass is 10.0. The number of methoxy groups -OCH3 is 1. The zero-order chi connectivity index (χ0) is 18.7. The lowest BCUT2D eigenvalue weighted by molar-refractivity contribution is 0.118. The molecule has 0 amide bonds. The summed E-state index contributed by atoms with van der Waals surface area (Å²) in [6, 6.07) is 5.84. The number of hydrogen-bond donors (Lipinski definition) is 0. The molecule has 0 spiro atoms. The fourth-order valence-electron chi connectivity index (χ4n) is 4.21. The van der Waals surface area contributed by atoms with Crippen LogP contribution in [0.25, 0.3) is 0 Å². The summed E-state index contributed by atoms with van der Waals surface area (Å²) in [4.78, 5) is 2.91. The Balaban J connectivity index is 1.71. The van der Waals surface area contributed by atoms with Gasteiger partial charge in [-0.1, -0.05) is 26.3 Å². The minimum atomic E-state index is -3.46. The molecular weight excluding hydrogens is 348 g/mol. The topological polar surface area (TPSA) is 49.9 Å². The van der Waals surface area contributed by atoms with Gasteiger partial charge in [0, 0.05) is 25.2 Å². The quantitative estimate of drug-likeness (QED) is 0.785. The van der Waals surface area contributed by atoms with E-state index in [0.29, 0.717) is 35.7 Å². The van der Waals surface area contributed by atoms with Gasteiger partial charge in [0.1, 0.15) is 5.75 Å². The number of ether oxygens (including phenoxy) is 1. The summed E-state index contributed by atoms with van der Waals surface area (Å²) in [5, 5.41) is 0. The zero-order valence-electron chi connectivity index (χ0n) is 16.3. The molecule has 2 aliphatic heterocycles. The van der Waals surface area contributed by atoms with Crippen LogP contribution in [0.4, 0.5) is 0 Å². The number of rotatable bonds is 5. The average Bonchev–Trinajstić information content (AvgIpc) is 2.68. The molecule has 5 nitrogen and oxygen atoms in total. The molecule has 0 atom stereocenters. The van der Waals surface area contributed by atoms with Crippen molar-refractivity contribution in [1.29, 1.82) is 0 Å². The highest BCUT2D eigenvalue weighted by atomic mass is 32.2. The number of benzene rings is 1. The summed E-state index contributed by atoms with van der Waals surface area (Å²) in [5.41, 5.74) is 1.04. The molecule has 0 aliphatic carbocycles. The average molecular weight is 381 g/mol. The highest BCUT2D eigenvalue weighted by Gasteiger charge is 2.32. The van der Waals surface area contributed by atoms with Crippen LogP contribution in [0.15, 0.2) is 23.1 Å². The van der Waals surface area contributed by atoms with E-state index in [2.05, 4.69) is 18.7 Å². The first-order chi connectivity index (χ1) is 12.4. The van der Waals surface area contributed by atoms with Crippen LogP contribution in [0, 0.1) is 0 Å². The van der Waals surface area contributed by atoms with Gasteiger partial charge in [0.05, 0.1) is 12.0 Å². The molecule has 0 unspecified atom stereocenters. The van der Waals surface area contributed by atoms with E-state index in [1.165, 1.54) is 32.4 Å². The van der Waals surface area contributed by atoms with E-state index in [0.717, 1.165) is 18.4 Å². The van der Waals surface area contributed by atoms with Gasteiger partial charge in [-0.3, -0.25) is 0 Å². The lowest BCUT2D eigenvalue weighted by Crippen LogP contribution is -2.48. The van der Waals surface area contributed by atoms with Gasteiger partial charge in [0.15, 0.2) is 0 Å². The summed E-state index contributed by atoms with van der Waals surface area (Å²) in [7, 11) is -1.86. The first-order valence-corrected chi connectivity index (χ1v) is 11.3. The van der Waals surface area contributed by atoms with Crippen LogP contribution in [0.5, 0.6) is 5.75 Å². The highest BCUT2D eigenvalue weighted by molar-refractivity contribution is 7.89. The Labute approximate surface area is 158 Å². The third-order valence-corrected chi connectivity index (χ3v) is 7.69. The minimum absolute atomic E-state index is 0.294. The van der Waals surface area contributed by atoms with Crippen molar-refractivity contribution in [2.45, 2.75) is 62.8 Å².